The molecule has 2 aromatic heterocycles. The lowest BCUT2D eigenvalue weighted by atomic mass is 10.2. The number of hydrogen-bond acceptors (Lipinski definition) is 3. The highest BCUT2D eigenvalue weighted by Crippen LogP contribution is 2.29. The molecule has 0 saturated carbocycles. The first kappa shape index (κ1) is 17.8. The summed E-state index contributed by atoms with van der Waals surface area (Å²) >= 11 is 0. The van der Waals surface area contributed by atoms with Gasteiger partial charge in [0.05, 0.1) is 24.4 Å². The van der Waals surface area contributed by atoms with Gasteiger partial charge in [0.1, 0.15) is 11.4 Å². The monoisotopic (exact) mass is 363 g/mol. The summed E-state index contributed by atoms with van der Waals surface area (Å²) in [4.78, 5) is 16.4. The van der Waals surface area contributed by atoms with Crippen LogP contribution in [0.1, 0.15) is 28.5 Å². The minimum atomic E-state index is -4.42. The Kier molecular flexibility index (Phi) is 4.83. The summed E-state index contributed by atoms with van der Waals surface area (Å²) in [5.74, 6) is 0.271. The third-order valence-electron chi connectivity index (χ3n) is 3.67. The summed E-state index contributed by atoms with van der Waals surface area (Å²) in [6, 6.07) is 9.00. The molecule has 5 nitrogen and oxygen atoms in total. The molecule has 0 atom stereocenters. The van der Waals surface area contributed by atoms with Crippen molar-refractivity contribution in [3.05, 3.63) is 65.6 Å². The van der Waals surface area contributed by atoms with Gasteiger partial charge in [-0.3, -0.25) is 4.79 Å². The van der Waals surface area contributed by atoms with E-state index in [-0.39, 0.29) is 12.5 Å². The van der Waals surface area contributed by atoms with E-state index < -0.39 is 11.7 Å². The van der Waals surface area contributed by atoms with Crippen molar-refractivity contribution in [1.82, 2.24) is 14.7 Å². The van der Waals surface area contributed by atoms with Crippen molar-refractivity contribution < 1.29 is 22.7 Å². The number of halogens is 3. The second-order valence-electron chi connectivity index (χ2n) is 5.56. The summed E-state index contributed by atoms with van der Waals surface area (Å²) in [6.45, 7) is 2.44. The Hall–Kier alpha value is -3.03. The van der Waals surface area contributed by atoms with Crippen LogP contribution in [0.25, 0.3) is 5.65 Å². The van der Waals surface area contributed by atoms with E-state index >= 15 is 0 Å². The van der Waals surface area contributed by atoms with Gasteiger partial charge in [0.25, 0.3) is 5.91 Å². The lowest BCUT2D eigenvalue weighted by Crippen LogP contribution is -2.22. The lowest BCUT2D eigenvalue weighted by Gasteiger charge is -2.06. The highest BCUT2D eigenvalue weighted by molar-refractivity contribution is 5.94. The predicted octanol–water partition coefficient (Wildman–Crippen LogP) is 3.68. The molecular formula is C18H16F3N3O2. The highest BCUT2D eigenvalue weighted by atomic mass is 19.4. The van der Waals surface area contributed by atoms with Crippen molar-refractivity contribution in [2.75, 3.05) is 6.61 Å². The van der Waals surface area contributed by atoms with Gasteiger partial charge in [-0.1, -0.05) is 6.07 Å². The maximum absolute atomic E-state index is 12.8. The van der Waals surface area contributed by atoms with E-state index in [4.69, 9.17) is 4.74 Å². The number of carbonyl (C=O) groups is 1. The summed E-state index contributed by atoms with van der Waals surface area (Å²) in [5.41, 5.74) is 0.504. The topological polar surface area (TPSA) is 55.6 Å². The molecule has 0 aliphatic rings. The molecule has 0 aliphatic heterocycles. The zero-order valence-corrected chi connectivity index (χ0v) is 13.9. The van der Waals surface area contributed by atoms with Crippen LogP contribution < -0.4 is 10.1 Å². The number of pyridine rings is 1. The molecule has 3 rings (SSSR count). The van der Waals surface area contributed by atoms with Gasteiger partial charge >= 0.3 is 6.18 Å². The molecule has 0 radical (unpaired) electrons. The van der Waals surface area contributed by atoms with E-state index in [1.165, 1.54) is 16.7 Å². The molecule has 0 unspecified atom stereocenters. The standard InChI is InChI=1S/C18H16F3N3O2/c1-2-26-15-5-3-4-12(8-15)17(25)22-9-14-11-24-10-13(18(19,20)21)6-7-16(24)23-14/h3-8,10-11H,2,9H2,1H3,(H,22,25). The van der Waals surface area contributed by atoms with Gasteiger partial charge in [-0.05, 0) is 37.3 Å². The molecule has 3 aromatic rings. The van der Waals surface area contributed by atoms with Gasteiger partial charge in [0, 0.05) is 18.0 Å². The Labute approximate surface area is 147 Å². The van der Waals surface area contributed by atoms with Crippen molar-refractivity contribution >= 4 is 11.6 Å². The van der Waals surface area contributed by atoms with E-state index in [9.17, 15) is 18.0 Å². The molecule has 136 valence electrons. The first-order valence-corrected chi connectivity index (χ1v) is 7.92. The van der Waals surface area contributed by atoms with Crippen molar-refractivity contribution in [1.29, 1.82) is 0 Å². The number of rotatable bonds is 5. The van der Waals surface area contributed by atoms with E-state index in [1.54, 1.807) is 24.3 Å². The van der Waals surface area contributed by atoms with Crippen LogP contribution in [0.2, 0.25) is 0 Å². The van der Waals surface area contributed by atoms with E-state index in [0.717, 1.165) is 12.3 Å². The maximum Gasteiger partial charge on any atom is 0.417 e. The number of amides is 1. The molecule has 8 heteroatoms. The number of alkyl halides is 3. The van der Waals surface area contributed by atoms with Crippen LogP contribution in [0.3, 0.4) is 0 Å². The number of carbonyl (C=O) groups excluding carboxylic acids is 1. The fourth-order valence-corrected chi connectivity index (χ4v) is 2.46. The number of nitrogens with zero attached hydrogens (tertiary/aromatic N) is 2. The zero-order chi connectivity index (χ0) is 18.7. The molecule has 0 saturated heterocycles. The minimum absolute atomic E-state index is 0.0979. The van der Waals surface area contributed by atoms with Crippen LogP contribution in [0.15, 0.2) is 48.8 Å². The molecule has 2 heterocycles. The van der Waals surface area contributed by atoms with Gasteiger partial charge in [-0.25, -0.2) is 4.98 Å². The Morgan fingerprint density at radius 1 is 1.23 bits per heavy atom. The molecule has 0 aliphatic carbocycles. The smallest absolute Gasteiger partial charge is 0.417 e. The third-order valence-corrected chi connectivity index (χ3v) is 3.67. The van der Waals surface area contributed by atoms with Gasteiger partial charge in [-0.15, -0.1) is 0 Å². The summed E-state index contributed by atoms with van der Waals surface area (Å²) in [6.07, 6.45) is -1.99. The number of imidazole rings is 1. The molecule has 0 fully saturated rings. The number of nitrogens with one attached hydrogen (secondary N) is 1. The number of aromatic nitrogens is 2. The fourth-order valence-electron chi connectivity index (χ4n) is 2.46. The summed E-state index contributed by atoms with van der Waals surface area (Å²) < 4.78 is 44.9. The minimum Gasteiger partial charge on any atom is -0.494 e. The quantitative estimate of drug-likeness (QED) is 0.752. The third kappa shape index (κ3) is 3.96. The molecule has 1 amide bonds. The van der Waals surface area contributed by atoms with Gasteiger partial charge in [-0.2, -0.15) is 13.2 Å². The molecule has 0 bridgehead atoms. The fraction of sp³-hybridized carbons (Fsp3) is 0.222. The first-order chi connectivity index (χ1) is 12.4. The molecule has 1 aromatic carbocycles. The number of benzene rings is 1. The number of hydrogen-bond donors (Lipinski definition) is 1. The summed E-state index contributed by atoms with van der Waals surface area (Å²) in [5, 5.41) is 2.70. The Morgan fingerprint density at radius 2 is 2.04 bits per heavy atom. The largest absolute Gasteiger partial charge is 0.494 e. The Bertz CT molecular complexity index is 935. The van der Waals surface area contributed by atoms with Crippen LogP contribution in [0.5, 0.6) is 5.75 Å². The SMILES string of the molecule is CCOc1cccc(C(=O)NCc2cn3cc(C(F)(F)F)ccc3n2)c1. The van der Waals surface area contributed by atoms with Crippen LogP contribution >= 0.6 is 0 Å². The highest BCUT2D eigenvalue weighted by Gasteiger charge is 2.30. The lowest BCUT2D eigenvalue weighted by molar-refractivity contribution is -0.137. The average molecular weight is 363 g/mol. The van der Waals surface area contributed by atoms with Crippen molar-refractivity contribution in [2.45, 2.75) is 19.6 Å². The van der Waals surface area contributed by atoms with Gasteiger partial charge in [0.15, 0.2) is 0 Å². The first-order valence-electron chi connectivity index (χ1n) is 7.92. The second kappa shape index (κ2) is 7.07. The maximum atomic E-state index is 12.8. The Morgan fingerprint density at radius 3 is 2.77 bits per heavy atom. The average Bonchev–Trinajstić information content (AvgIpc) is 3.01. The van der Waals surface area contributed by atoms with Crippen LogP contribution in [0.4, 0.5) is 13.2 Å². The predicted molar refractivity (Wildman–Crippen MR) is 89.0 cm³/mol. The van der Waals surface area contributed by atoms with Crippen molar-refractivity contribution in [3.63, 3.8) is 0 Å². The number of ether oxygens (including phenoxy) is 1. The van der Waals surface area contributed by atoms with Crippen LogP contribution in [-0.2, 0) is 12.7 Å². The second-order valence-corrected chi connectivity index (χ2v) is 5.56. The molecule has 0 spiro atoms. The van der Waals surface area contributed by atoms with Gasteiger partial charge in [0.2, 0.25) is 0 Å². The van der Waals surface area contributed by atoms with Gasteiger partial charge < -0.3 is 14.5 Å². The van der Waals surface area contributed by atoms with E-state index in [2.05, 4.69) is 10.3 Å². The summed E-state index contributed by atoms with van der Waals surface area (Å²) in [7, 11) is 0. The van der Waals surface area contributed by atoms with E-state index in [0.29, 0.717) is 29.3 Å². The van der Waals surface area contributed by atoms with Crippen molar-refractivity contribution in [2.24, 2.45) is 0 Å². The normalized spacial score (nSPS) is 11.5. The Balaban J connectivity index is 1.71. The zero-order valence-electron chi connectivity index (χ0n) is 13.9. The van der Waals surface area contributed by atoms with Crippen LogP contribution in [-0.4, -0.2) is 21.9 Å². The number of fused-ring (bicyclic) bond motifs is 1. The molecule has 26 heavy (non-hydrogen) atoms. The van der Waals surface area contributed by atoms with Crippen molar-refractivity contribution in [3.8, 4) is 5.75 Å². The molecule has 1 N–H and O–H groups in total. The molecular weight excluding hydrogens is 347 g/mol. The van der Waals surface area contributed by atoms with E-state index in [1.807, 2.05) is 6.92 Å². The van der Waals surface area contributed by atoms with Crippen LogP contribution in [0, 0.1) is 0 Å².